The first-order valence-electron chi connectivity index (χ1n) is 5.17. The third kappa shape index (κ3) is 1.57. The Morgan fingerprint density at radius 3 is 2.28 bits per heavy atom. The molecule has 1 aliphatic rings. The molecular formula is C12H8NO3S2-. The van der Waals surface area contributed by atoms with Crippen molar-refractivity contribution < 1.29 is 12.6 Å². The normalized spacial score (nSPS) is 17.1. The number of hydrogen-bond donors (Lipinski definition) is 0. The van der Waals surface area contributed by atoms with E-state index in [0.29, 0.717) is 0 Å². The van der Waals surface area contributed by atoms with Gasteiger partial charge in [-0.2, -0.15) is 10.6 Å². The van der Waals surface area contributed by atoms with Crippen molar-refractivity contribution in [2.75, 3.05) is 0 Å². The maximum Gasteiger partial charge on any atom is 0.207 e. The number of hydrogen-bond acceptors (Lipinski definition) is 5. The van der Waals surface area contributed by atoms with E-state index < -0.39 is 20.4 Å². The fraction of sp³-hybridized carbons (Fsp3) is 0. The monoisotopic (exact) mass is 278 g/mol. The molecule has 0 unspecified atom stereocenters. The zero-order valence-electron chi connectivity index (χ0n) is 9.11. The second-order valence-corrected chi connectivity index (χ2v) is 6.77. The predicted molar refractivity (Wildman–Crippen MR) is 66.7 cm³/mol. The van der Waals surface area contributed by atoms with Gasteiger partial charge in [0.1, 0.15) is 0 Å². The van der Waals surface area contributed by atoms with Crippen LogP contribution in [0.2, 0.25) is 0 Å². The predicted octanol–water partition coefficient (Wildman–Crippen LogP) is 2.67. The van der Waals surface area contributed by atoms with E-state index in [9.17, 15) is 12.6 Å². The van der Waals surface area contributed by atoms with Gasteiger partial charge in [0.15, 0.2) is 0 Å². The van der Waals surface area contributed by atoms with E-state index in [1.165, 1.54) is 18.2 Å². The Kier molecular flexibility index (Phi) is 2.49. The Labute approximate surface area is 106 Å². The molecule has 0 bridgehead atoms. The fourth-order valence-corrected chi connectivity index (χ4v) is 4.78. The van der Waals surface area contributed by atoms with E-state index in [0.717, 1.165) is 0 Å². The molecule has 0 atom stereocenters. The van der Waals surface area contributed by atoms with Crippen LogP contribution in [0.15, 0.2) is 67.6 Å². The van der Waals surface area contributed by atoms with E-state index in [1.807, 2.05) is 0 Å². The lowest BCUT2D eigenvalue weighted by Crippen LogP contribution is -2.03. The quantitative estimate of drug-likeness (QED) is 0.594. The van der Waals surface area contributed by atoms with Gasteiger partial charge in [-0.15, -0.1) is 0 Å². The molecule has 1 heterocycles. The zero-order valence-corrected chi connectivity index (χ0v) is 10.7. The highest BCUT2D eigenvalue weighted by Gasteiger charge is 2.23. The van der Waals surface area contributed by atoms with Crippen molar-refractivity contribution in [2.45, 2.75) is 14.7 Å². The van der Waals surface area contributed by atoms with Crippen molar-refractivity contribution in [1.29, 1.82) is 0 Å². The highest BCUT2D eigenvalue weighted by Crippen LogP contribution is 2.35. The molecule has 18 heavy (non-hydrogen) atoms. The molecule has 0 radical (unpaired) electrons. The highest BCUT2D eigenvalue weighted by atomic mass is 32.2. The standard InChI is InChI=1S/C12H8NO3S2/c14-17-10-6-2-4-8-12(10)18(15,16)11-7-3-1-5-9(11)13-17/h1-8H/q-1. The minimum absolute atomic E-state index is 0.0667. The van der Waals surface area contributed by atoms with Crippen LogP contribution < -0.4 is 0 Å². The van der Waals surface area contributed by atoms with Crippen LogP contribution >= 0.6 is 0 Å². The van der Waals surface area contributed by atoms with Crippen LogP contribution in [0.4, 0.5) is 5.69 Å². The number of rotatable bonds is 0. The molecular weight excluding hydrogens is 270 g/mol. The minimum Gasteiger partial charge on any atom is -0.440 e. The summed E-state index contributed by atoms with van der Waals surface area (Å²) in [5.41, 5.74) is 0.243. The van der Waals surface area contributed by atoms with Crippen molar-refractivity contribution >= 4 is 26.1 Å². The molecule has 0 fully saturated rings. The number of benzene rings is 2. The highest BCUT2D eigenvalue weighted by molar-refractivity contribution is 7.92. The molecule has 2 aromatic rings. The van der Waals surface area contributed by atoms with Crippen LogP contribution in [0.1, 0.15) is 0 Å². The molecule has 0 N–H and O–H groups in total. The van der Waals surface area contributed by atoms with E-state index in [-0.39, 0.29) is 20.4 Å². The average molecular weight is 278 g/mol. The summed E-state index contributed by atoms with van der Waals surface area (Å²) >= 11 is 0. The van der Waals surface area contributed by atoms with Crippen molar-refractivity contribution in [3.63, 3.8) is 0 Å². The molecule has 6 heteroatoms. The Bertz CT molecular complexity index is 819. The van der Waals surface area contributed by atoms with Gasteiger partial charge in [0.05, 0.1) is 15.5 Å². The summed E-state index contributed by atoms with van der Waals surface area (Å²) in [6.45, 7) is 0. The lowest BCUT2D eigenvalue weighted by molar-refractivity contribution is 0.590. The third-order valence-corrected chi connectivity index (χ3v) is 5.75. The maximum absolute atomic E-state index is 12.5. The summed E-state index contributed by atoms with van der Waals surface area (Å²) in [5.74, 6) is 0. The van der Waals surface area contributed by atoms with Crippen LogP contribution in [0.3, 0.4) is 0 Å². The van der Waals surface area contributed by atoms with Crippen LogP contribution in [-0.4, -0.2) is 8.42 Å². The maximum atomic E-state index is 12.5. The summed E-state index contributed by atoms with van der Waals surface area (Å²) in [4.78, 5) is 0.397. The van der Waals surface area contributed by atoms with E-state index in [4.69, 9.17) is 0 Å². The molecule has 1 aliphatic heterocycles. The van der Waals surface area contributed by atoms with E-state index >= 15 is 0 Å². The number of fused-ring (bicyclic) bond motifs is 2. The van der Waals surface area contributed by atoms with Gasteiger partial charge in [-0.25, -0.2) is 8.42 Å². The van der Waals surface area contributed by atoms with Crippen molar-refractivity contribution in [1.82, 2.24) is 0 Å². The average Bonchev–Trinajstić information content (AvgIpc) is 2.46. The first kappa shape index (κ1) is 11.4. The molecule has 0 aromatic heterocycles. The van der Waals surface area contributed by atoms with Gasteiger partial charge in [-0.3, -0.25) is 0 Å². The van der Waals surface area contributed by atoms with Gasteiger partial charge >= 0.3 is 0 Å². The first-order chi connectivity index (χ1) is 8.60. The van der Waals surface area contributed by atoms with Gasteiger partial charge < -0.3 is 8.57 Å². The summed E-state index contributed by atoms with van der Waals surface area (Å²) in [6.07, 6.45) is 0. The first-order valence-corrected chi connectivity index (χ1v) is 7.76. The molecule has 0 spiro atoms. The number of sulfone groups is 1. The lowest BCUT2D eigenvalue weighted by atomic mass is 10.3. The number of nitrogens with zero attached hydrogens (tertiary/aromatic N) is 1. The molecule has 2 aromatic carbocycles. The molecule has 92 valence electrons. The van der Waals surface area contributed by atoms with Crippen molar-refractivity contribution in [3.8, 4) is 0 Å². The van der Waals surface area contributed by atoms with Crippen LogP contribution in [0.5, 0.6) is 0 Å². The smallest absolute Gasteiger partial charge is 0.207 e. The fourth-order valence-electron chi connectivity index (χ4n) is 1.83. The second kappa shape index (κ2) is 3.93. The third-order valence-electron chi connectivity index (χ3n) is 2.66. The van der Waals surface area contributed by atoms with Crippen molar-refractivity contribution in [3.05, 3.63) is 48.5 Å². The van der Waals surface area contributed by atoms with Crippen LogP contribution in [-0.2, 0) is 24.6 Å². The van der Waals surface area contributed by atoms with Crippen molar-refractivity contribution in [2.24, 2.45) is 4.36 Å². The summed E-state index contributed by atoms with van der Waals surface area (Å²) in [5, 5.41) is 0. The van der Waals surface area contributed by atoms with Crippen LogP contribution in [0, 0.1) is 0 Å². The zero-order chi connectivity index (χ0) is 12.8. The molecule has 0 saturated heterocycles. The van der Waals surface area contributed by atoms with Gasteiger partial charge in [-0.05, 0) is 18.2 Å². The Balaban J connectivity index is 2.52. The van der Waals surface area contributed by atoms with Gasteiger partial charge in [0.2, 0.25) is 9.84 Å². The van der Waals surface area contributed by atoms with Gasteiger partial charge in [0.25, 0.3) is 0 Å². The van der Waals surface area contributed by atoms with E-state index in [1.54, 1.807) is 30.3 Å². The van der Waals surface area contributed by atoms with Gasteiger partial charge in [-0.1, -0.05) is 35.2 Å². The molecule has 0 aliphatic carbocycles. The van der Waals surface area contributed by atoms with Crippen LogP contribution in [0.25, 0.3) is 0 Å². The minimum atomic E-state index is -3.66. The molecule has 4 nitrogen and oxygen atoms in total. The molecule has 0 saturated carbocycles. The summed E-state index contributed by atoms with van der Waals surface area (Å²) in [6, 6.07) is 12.6. The topological polar surface area (TPSA) is 63.6 Å². The van der Waals surface area contributed by atoms with Gasteiger partial charge in [0, 0.05) is 0 Å². The summed E-state index contributed by atoms with van der Waals surface area (Å²) in [7, 11) is -5.35. The molecule has 3 rings (SSSR count). The Morgan fingerprint density at radius 1 is 0.889 bits per heavy atom. The van der Waals surface area contributed by atoms with E-state index in [2.05, 4.69) is 4.36 Å². The Morgan fingerprint density at radius 2 is 1.50 bits per heavy atom. The lowest BCUT2D eigenvalue weighted by Gasteiger charge is -2.09. The SMILES string of the molecule is O=[S-]1=Nc2ccccc2S(=O)(=O)c2ccccc21. The largest absolute Gasteiger partial charge is 0.440 e. The molecule has 0 amide bonds. The second-order valence-electron chi connectivity index (χ2n) is 3.76. The summed E-state index contributed by atoms with van der Waals surface area (Å²) < 4.78 is 40.9. The Hall–Kier alpha value is -1.66.